The third-order valence-electron chi connectivity index (χ3n) is 2.03. The molecule has 0 heterocycles. The summed E-state index contributed by atoms with van der Waals surface area (Å²) in [6.07, 6.45) is 0. The molecule has 0 amide bonds. The summed E-state index contributed by atoms with van der Waals surface area (Å²) in [5.41, 5.74) is 7.48. The number of aryl methyl sites for hydroxylation is 1. The second-order valence-corrected chi connectivity index (χ2v) is 3.13. The van der Waals surface area contributed by atoms with Crippen LogP contribution in [0.3, 0.4) is 0 Å². The van der Waals surface area contributed by atoms with E-state index in [1.165, 1.54) is 13.2 Å². The zero-order valence-corrected chi connectivity index (χ0v) is 8.10. The molecule has 1 rings (SSSR count). The van der Waals surface area contributed by atoms with Gasteiger partial charge in [0.2, 0.25) is 0 Å². The highest BCUT2D eigenvalue weighted by atomic mass is 19.1. The lowest BCUT2D eigenvalue weighted by molar-refractivity contribution is 0.385. The van der Waals surface area contributed by atoms with Gasteiger partial charge in [0.05, 0.1) is 7.11 Å². The fourth-order valence-corrected chi connectivity index (χ4v) is 1.32. The van der Waals surface area contributed by atoms with Crippen LogP contribution in [0.5, 0.6) is 5.75 Å². The van der Waals surface area contributed by atoms with Gasteiger partial charge in [0, 0.05) is 6.04 Å². The number of hydrogen-bond acceptors (Lipinski definition) is 2. The molecule has 2 N–H and O–H groups in total. The van der Waals surface area contributed by atoms with Crippen LogP contribution in [0.4, 0.5) is 4.39 Å². The van der Waals surface area contributed by atoms with E-state index in [1.54, 1.807) is 6.07 Å². The maximum atomic E-state index is 13.1. The van der Waals surface area contributed by atoms with Crippen LogP contribution in [0.1, 0.15) is 24.1 Å². The van der Waals surface area contributed by atoms with Crippen LogP contribution in [0, 0.1) is 12.7 Å². The summed E-state index contributed by atoms with van der Waals surface area (Å²) < 4.78 is 18.0. The maximum absolute atomic E-state index is 13.1. The lowest BCUT2D eigenvalue weighted by Crippen LogP contribution is -2.07. The summed E-state index contributed by atoms with van der Waals surface area (Å²) in [5.74, 6) is -0.0951. The van der Waals surface area contributed by atoms with Crippen LogP contribution >= 0.6 is 0 Å². The Bertz CT molecular complexity index is 310. The van der Waals surface area contributed by atoms with Crippen LogP contribution in [0.25, 0.3) is 0 Å². The van der Waals surface area contributed by atoms with Gasteiger partial charge in [-0.1, -0.05) is 0 Å². The first kappa shape index (κ1) is 9.99. The normalized spacial score (nSPS) is 12.7. The Morgan fingerprint density at radius 2 is 2.08 bits per heavy atom. The fourth-order valence-electron chi connectivity index (χ4n) is 1.32. The molecule has 0 radical (unpaired) electrons. The Labute approximate surface area is 77.5 Å². The molecule has 0 bridgehead atoms. The lowest BCUT2D eigenvalue weighted by Gasteiger charge is -2.12. The number of halogens is 1. The summed E-state index contributed by atoms with van der Waals surface area (Å²) in [6, 6.07) is 2.99. The molecule has 1 unspecified atom stereocenters. The Morgan fingerprint density at radius 3 is 2.54 bits per heavy atom. The Hall–Kier alpha value is -1.09. The molecule has 13 heavy (non-hydrogen) atoms. The first-order chi connectivity index (χ1) is 6.06. The standard InChI is InChI=1S/C10H14FNO/c1-6-4-9(11)10(13-3)5-8(6)7(2)12/h4-5,7H,12H2,1-3H3. The molecule has 0 aliphatic heterocycles. The van der Waals surface area contributed by atoms with Crippen LogP contribution < -0.4 is 10.5 Å². The minimum atomic E-state index is -0.343. The molecule has 0 spiro atoms. The van der Waals surface area contributed by atoms with Crippen molar-refractivity contribution in [2.45, 2.75) is 19.9 Å². The summed E-state index contributed by atoms with van der Waals surface area (Å²) >= 11 is 0. The SMILES string of the molecule is COc1cc(C(C)N)c(C)cc1F. The zero-order valence-electron chi connectivity index (χ0n) is 8.10. The first-order valence-electron chi connectivity index (χ1n) is 4.16. The van der Waals surface area contributed by atoms with E-state index in [1.807, 2.05) is 13.8 Å². The molecule has 3 heteroatoms. The summed E-state index contributed by atoms with van der Waals surface area (Å²) in [6.45, 7) is 3.70. The monoisotopic (exact) mass is 183 g/mol. The third kappa shape index (κ3) is 1.98. The van der Waals surface area contributed by atoms with Crippen molar-refractivity contribution in [1.82, 2.24) is 0 Å². The van der Waals surface area contributed by atoms with Crippen molar-refractivity contribution in [2.24, 2.45) is 5.73 Å². The van der Waals surface area contributed by atoms with Crippen molar-refractivity contribution >= 4 is 0 Å². The van der Waals surface area contributed by atoms with Crippen molar-refractivity contribution in [3.63, 3.8) is 0 Å². The Morgan fingerprint density at radius 1 is 1.46 bits per heavy atom. The quantitative estimate of drug-likeness (QED) is 0.762. The van der Waals surface area contributed by atoms with E-state index in [4.69, 9.17) is 10.5 Å². The number of benzene rings is 1. The molecule has 0 saturated carbocycles. The van der Waals surface area contributed by atoms with E-state index in [2.05, 4.69) is 0 Å². The average Bonchev–Trinajstić information content (AvgIpc) is 2.03. The lowest BCUT2D eigenvalue weighted by atomic mass is 10.0. The van der Waals surface area contributed by atoms with E-state index in [9.17, 15) is 4.39 Å². The van der Waals surface area contributed by atoms with E-state index >= 15 is 0 Å². The second-order valence-electron chi connectivity index (χ2n) is 3.13. The smallest absolute Gasteiger partial charge is 0.165 e. The van der Waals surface area contributed by atoms with Crippen molar-refractivity contribution in [3.05, 3.63) is 29.1 Å². The highest BCUT2D eigenvalue weighted by Crippen LogP contribution is 2.24. The Kier molecular flexibility index (Phi) is 2.88. The predicted octanol–water partition coefficient (Wildman–Crippen LogP) is 2.16. The van der Waals surface area contributed by atoms with Crippen LogP contribution in [-0.4, -0.2) is 7.11 Å². The third-order valence-corrected chi connectivity index (χ3v) is 2.03. The van der Waals surface area contributed by atoms with Gasteiger partial charge in [0.1, 0.15) is 0 Å². The first-order valence-corrected chi connectivity index (χ1v) is 4.16. The minimum Gasteiger partial charge on any atom is -0.494 e. The molecule has 0 aliphatic rings. The van der Waals surface area contributed by atoms with Crippen molar-refractivity contribution in [1.29, 1.82) is 0 Å². The molecular weight excluding hydrogens is 169 g/mol. The average molecular weight is 183 g/mol. The van der Waals surface area contributed by atoms with Gasteiger partial charge in [-0.3, -0.25) is 0 Å². The van der Waals surface area contributed by atoms with Gasteiger partial charge >= 0.3 is 0 Å². The Balaban J connectivity index is 3.22. The van der Waals surface area contributed by atoms with Gasteiger partial charge < -0.3 is 10.5 Å². The molecule has 1 atom stereocenters. The molecule has 2 nitrogen and oxygen atoms in total. The highest BCUT2D eigenvalue weighted by Gasteiger charge is 2.09. The van der Waals surface area contributed by atoms with Crippen LogP contribution in [0.2, 0.25) is 0 Å². The molecule has 0 aliphatic carbocycles. The molecule has 0 saturated heterocycles. The van der Waals surface area contributed by atoms with Crippen LogP contribution in [0.15, 0.2) is 12.1 Å². The maximum Gasteiger partial charge on any atom is 0.165 e. The van der Waals surface area contributed by atoms with Gasteiger partial charge in [-0.25, -0.2) is 4.39 Å². The van der Waals surface area contributed by atoms with Crippen molar-refractivity contribution < 1.29 is 9.13 Å². The summed E-state index contributed by atoms with van der Waals surface area (Å²) in [5, 5.41) is 0. The molecule has 0 aromatic heterocycles. The van der Waals surface area contributed by atoms with Gasteiger partial charge in [0.25, 0.3) is 0 Å². The predicted molar refractivity (Wildman–Crippen MR) is 50.3 cm³/mol. The zero-order chi connectivity index (χ0) is 10.0. The van der Waals surface area contributed by atoms with E-state index in [0.717, 1.165) is 11.1 Å². The molecule has 72 valence electrons. The highest BCUT2D eigenvalue weighted by molar-refractivity contribution is 5.37. The van der Waals surface area contributed by atoms with Gasteiger partial charge in [-0.15, -0.1) is 0 Å². The molecular formula is C10H14FNO. The number of rotatable bonds is 2. The largest absolute Gasteiger partial charge is 0.494 e. The van der Waals surface area contributed by atoms with Crippen LogP contribution in [-0.2, 0) is 0 Å². The molecule has 1 aromatic carbocycles. The van der Waals surface area contributed by atoms with E-state index in [-0.39, 0.29) is 17.6 Å². The number of methoxy groups -OCH3 is 1. The summed E-state index contributed by atoms with van der Waals surface area (Å²) in [7, 11) is 1.44. The second kappa shape index (κ2) is 3.75. The van der Waals surface area contributed by atoms with Crippen molar-refractivity contribution in [3.8, 4) is 5.75 Å². The molecule has 1 aromatic rings. The van der Waals surface area contributed by atoms with Crippen molar-refractivity contribution in [2.75, 3.05) is 7.11 Å². The van der Waals surface area contributed by atoms with Gasteiger partial charge in [0.15, 0.2) is 11.6 Å². The van der Waals surface area contributed by atoms with E-state index in [0.29, 0.717) is 0 Å². The van der Waals surface area contributed by atoms with Gasteiger partial charge in [-0.05, 0) is 37.1 Å². The fraction of sp³-hybridized carbons (Fsp3) is 0.400. The number of hydrogen-bond donors (Lipinski definition) is 1. The molecule has 0 fully saturated rings. The van der Waals surface area contributed by atoms with Gasteiger partial charge in [-0.2, -0.15) is 0 Å². The number of ether oxygens (including phenoxy) is 1. The topological polar surface area (TPSA) is 35.2 Å². The number of nitrogens with two attached hydrogens (primary N) is 1. The minimum absolute atomic E-state index is 0.102. The van der Waals surface area contributed by atoms with E-state index < -0.39 is 0 Å². The summed E-state index contributed by atoms with van der Waals surface area (Å²) in [4.78, 5) is 0.